The fraction of sp³-hybridized carbons (Fsp3) is 0.389. The minimum absolute atomic E-state index is 0.0726. The summed E-state index contributed by atoms with van der Waals surface area (Å²) in [6.45, 7) is 9.82. The van der Waals surface area contributed by atoms with E-state index in [2.05, 4.69) is 48.3 Å². The van der Waals surface area contributed by atoms with Crippen LogP contribution >= 0.6 is 11.3 Å². The van der Waals surface area contributed by atoms with Crippen molar-refractivity contribution >= 4 is 16.5 Å². The number of thiazole rings is 1. The molecule has 3 rings (SSSR count). The first-order valence-corrected chi connectivity index (χ1v) is 9.11. The quantitative estimate of drug-likeness (QED) is 0.721. The first-order valence-electron chi connectivity index (χ1n) is 8.29. The van der Waals surface area contributed by atoms with E-state index < -0.39 is 0 Å². The van der Waals surface area contributed by atoms with Crippen LogP contribution in [0.3, 0.4) is 0 Å². The molecule has 25 heavy (non-hydrogen) atoms. The van der Waals surface area contributed by atoms with Gasteiger partial charge in [-0.05, 0) is 24.6 Å². The maximum Gasteiger partial charge on any atom is 0.185 e. The van der Waals surface area contributed by atoms with Crippen LogP contribution in [-0.2, 0) is 12.0 Å². The van der Waals surface area contributed by atoms with Crippen LogP contribution in [0.4, 0.5) is 5.13 Å². The number of anilines is 1. The Kier molecular flexibility index (Phi) is 5.03. The van der Waals surface area contributed by atoms with Crippen molar-refractivity contribution in [2.75, 3.05) is 11.9 Å². The Bertz CT molecular complexity index is 803. The summed E-state index contributed by atoms with van der Waals surface area (Å²) in [6, 6.07) is 8.11. The fourth-order valence-electron chi connectivity index (χ4n) is 2.39. The molecule has 0 aliphatic carbocycles. The Labute approximate surface area is 151 Å². The molecule has 2 aromatic heterocycles. The van der Waals surface area contributed by atoms with Crippen molar-refractivity contribution in [1.29, 1.82) is 0 Å². The molecule has 0 spiro atoms. The summed E-state index contributed by atoms with van der Waals surface area (Å²) in [4.78, 5) is 8.84. The van der Waals surface area contributed by atoms with E-state index in [9.17, 15) is 0 Å². The van der Waals surface area contributed by atoms with E-state index in [4.69, 9.17) is 9.72 Å². The van der Waals surface area contributed by atoms with Gasteiger partial charge in [-0.1, -0.05) is 44.2 Å². The molecule has 2 heterocycles. The van der Waals surface area contributed by atoms with Crippen LogP contribution in [0.25, 0.3) is 5.00 Å². The lowest BCUT2D eigenvalue weighted by Crippen LogP contribution is -2.15. The molecule has 0 aliphatic rings. The molecule has 132 valence electrons. The summed E-state index contributed by atoms with van der Waals surface area (Å²) < 4.78 is 7.25. The molecule has 0 unspecified atom stereocenters. The van der Waals surface area contributed by atoms with Gasteiger partial charge in [0.25, 0.3) is 0 Å². The number of rotatable bonds is 6. The van der Waals surface area contributed by atoms with E-state index in [1.54, 1.807) is 28.7 Å². The van der Waals surface area contributed by atoms with Gasteiger partial charge in [0.2, 0.25) is 0 Å². The van der Waals surface area contributed by atoms with Gasteiger partial charge < -0.3 is 10.1 Å². The number of benzene rings is 1. The molecule has 1 aromatic carbocycles. The van der Waals surface area contributed by atoms with Gasteiger partial charge in [-0.25, -0.2) is 14.6 Å². The molecule has 0 amide bonds. The smallest absolute Gasteiger partial charge is 0.185 e. The van der Waals surface area contributed by atoms with Crippen molar-refractivity contribution in [2.45, 2.75) is 39.7 Å². The van der Waals surface area contributed by atoms with Gasteiger partial charge in [0, 0.05) is 12.0 Å². The fourth-order valence-corrected chi connectivity index (χ4v) is 3.49. The van der Waals surface area contributed by atoms with Crippen LogP contribution in [0.1, 0.15) is 39.0 Å². The van der Waals surface area contributed by atoms with Gasteiger partial charge >= 0.3 is 0 Å². The summed E-state index contributed by atoms with van der Waals surface area (Å²) in [5, 5.41) is 9.54. The van der Waals surface area contributed by atoms with Crippen molar-refractivity contribution in [3.05, 3.63) is 48.2 Å². The number of aromatic nitrogens is 4. The van der Waals surface area contributed by atoms with Gasteiger partial charge in [0.1, 0.15) is 23.4 Å². The Morgan fingerprint density at radius 1 is 1.20 bits per heavy atom. The molecule has 7 heteroatoms. The van der Waals surface area contributed by atoms with E-state index in [-0.39, 0.29) is 5.41 Å². The predicted molar refractivity (Wildman–Crippen MR) is 101 cm³/mol. The number of nitrogens with one attached hydrogen (secondary N) is 1. The van der Waals surface area contributed by atoms with Crippen molar-refractivity contribution in [1.82, 2.24) is 19.7 Å². The van der Waals surface area contributed by atoms with Crippen molar-refractivity contribution in [3.63, 3.8) is 0 Å². The molecule has 0 saturated carbocycles. The highest BCUT2D eigenvalue weighted by molar-refractivity contribution is 7.18. The lowest BCUT2D eigenvalue weighted by Gasteiger charge is -2.16. The highest BCUT2D eigenvalue weighted by Gasteiger charge is 2.24. The van der Waals surface area contributed by atoms with Gasteiger partial charge in [0.15, 0.2) is 5.13 Å². The monoisotopic (exact) mass is 357 g/mol. The van der Waals surface area contributed by atoms with Crippen molar-refractivity contribution in [3.8, 4) is 10.8 Å². The molecule has 0 fully saturated rings. The minimum atomic E-state index is -0.0726. The highest BCUT2D eigenvalue weighted by Crippen LogP contribution is 2.34. The van der Waals surface area contributed by atoms with E-state index >= 15 is 0 Å². The third-order valence-electron chi connectivity index (χ3n) is 3.62. The van der Waals surface area contributed by atoms with Crippen molar-refractivity contribution in [2.24, 2.45) is 0 Å². The zero-order valence-electron chi connectivity index (χ0n) is 15.0. The van der Waals surface area contributed by atoms with Crippen LogP contribution in [0, 0.1) is 0 Å². The Balaban J connectivity index is 1.76. The lowest BCUT2D eigenvalue weighted by molar-refractivity contribution is 0.340. The van der Waals surface area contributed by atoms with Crippen LogP contribution in [-0.4, -0.2) is 26.4 Å². The van der Waals surface area contributed by atoms with Gasteiger partial charge in [-0.2, -0.15) is 5.10 Å². The van der Waals surface area contributed by atoms with Crippen LogP contribution in [0.2, 0.25) is 0 Å². The highest BCUT2D eigenvalue weighted by atomic mass is 32.1. The minimum Gasteiger partial charge on any atom is -0.494 e. The standard InChI is InChI=1S/C18H23N5OS/c1-5-24-14-8-6-13(7-9-14)10-20-17-22-15(18(2,3)4)16(25-17)23-12-19-11-21-23/h6-9,11-12H,5,10H2,1-4H3,(H,20,22). The maximum atomic E-state index is 5.48. The third-order valence-corrected chi connectivity index (χ3v) is 4.63. The second-order valence-electron chi connectivity index (χ2n) is 6.69. The second-order valence-corrected chi connectivity index (χ2v) is 7.67. The normalized spacial score (nSPS) is 11.5. The molecular weight excluding hydrogens is 334 g/mol. The summed E-state index contributed by atoms with van der Waals surface area (Å²) >= 11 is 1.59. The maximum absolute atomic E-state index is 5.48. The molecule has 1 N–H and O–H groups in total. The van der Waals surface area contributed by atoms with E-state index in [0.29, 0.717) is 13.2 Å². The SMILES string of the molecule is CCOc1ccc(CNc2nc(C(C)(C)C)c(-n3cncn3)s2)cc1. The number of hydrogen-bond donors (Lipinski definition) is 1. The molecule has 0 atom stereocenters. The Morgan fingerprint density at radius 3 is 2.56 bits per heavy atom. The Morgan fingerprint density at radius 2 is 1.96 bits per heavy atom. The molecule has 0 radical (unpaired) electrons. The second kappa shape index (κ2) is 7.23. The number of hydrogen-bond acceptors (Lipinski definition) is 6. The van der Waals surface area contributed by atoms with Crippen LogP contribution in [0.15, 0.2) is 36.9 Å². The lowest BCUT2D eigenvalue weighted by atomic mass is 9.92. The first-order chi connectivity index (χ1) is 12.0. The summed E-state index contributed by atoms with van der Waals surface area (Å²) in [5.41, 5.74) is 2.12. The van der Waals surface area contributed by atoms with Gasteiger partial charge in [-0.15, -0.1) is 0 Å². The van der Waals surface area contributed by atoms with Gasteiger partial charge in [0.05, 0.1) is 12.3 Å². The molecule has 0 saturated heterocycles. The van der Waals surface area contributed by atoms with Crippen LogP contribution in [0.5, 0.6) is 5.75 Å². The average Bonchev–Trinajstić information content (AvgIpc) is 3.23. The largest absolute Gasteiger partial charge is 0.494 e. The van der Waals surface area contributed by atoms with Gasteiger partial charge in [-0.3, -0.25) is 0 Å². The first kappa shape index (κ1) is 17.4. The van der Waals surface area contributed by atoms with Crippen LogP contribution < -0.4 is 10.1 Å². The van der Waals surface area contributed by atoms with E-state index in [0.717, 1.165) is 21.6 Å². The molecule has 6 nitrogen and oxygen atoms in total. The zero-order chi connectivity index (χ0) is 17.9. The third kappa shape index (κ3) is 4.17. The number of ether oxygens (including phenoxy) is 1. The summed E-state index contributed by atoms with van der Waals surface area (Å²) in [6.07, 6.45) is 3.25. The molecule has 0 aliphatic heterocycles. The Hall–Kier alpha value is -2.41. The average molecular weight is 357 g/mol. The predicted octanol–water partition coefficient (Wildman–Crippen LogP) is 4.03. The summed E-state index contributed by atoms with van der Waals surface area (Å²) in [5.74, 6) is 0.893. The van der Waals surface area contributed by atoms with E-state index in [1.807, 2.05) is 19.1 Å². The van der Waals surface area contributed by atoms with Crippen molar-refractivity contribution < 1.29 is 4.74 Å². The zero-order valence-corrected chi connectivity index (χ0v) is 15.8. The number of nitrogens with zero attached hydrogens (tertiary/aromatic N) is 4. The summed E-state index contributed by atoms with van der Waals surface area (Å²) in [7, 11) is 0. The topological polar surface area (TPSA) is 64.9 Å². The molecule has 3 aromatic rings. The van der Waals surface area contributed by atoms with E-state index in [1.165, 1.54) is 5.56 Å². The molecule has 0 bridgehead atoms. The molecular formula is C18H23N5OS.